The van der Waals surface area contributed by atoms with Crippen LogP contribution >= 0.6 is 11.3 Å². The lowest BCUT2D eigenvalue weighted by Crippen LogP contribution is -2.36. The molecule has 0 radical (unpaired) electrons. The molecule has 2 heterocycles. The summed E-state index contributed by atoms with van der Waals surface area (Å²) in [5, 5.41) is 4.04. The van der Waals surface area contributed by atoms with E-state index < -0.39 is 0 Å². The third-order valence-electron chi connectivity index (χ3n) is 4.37. The van der Waals surface area contributed by atoms with E-state index in [0.717, 1.165) is 29.1 Å². The molecule has 1 aromatic carbocycles. The molecule has 2 atom stereocenters. The van der Waals surface area contributed by atoms with Crippen molar-refractivity contribution in [1.82, 2.24) is 10.3 Å². The summed E-state index contributed by atoms with van der Waals surface area (Å²) in [5.74, 6) is -0.149. The van der Waals surface area contributed by atoms with E-state index in [1.54, 1.807) is 12.1 Å². The first-order chi connectivity index (χ1) is 12.0. The number of hydrogen-bond donors (Lipinski definition) is 1. The van der Waals surface area contributed by atoms with Gasteiger partial charge in [-0.1, -0.05) is 26.0 Å². The Hall–Kier alpha value is -1.79. The maximum Gasteiger partial charge on any atom is 0.263 e. The second kappa shape index (κ2) is 7.62. The second-order valence-electron chi connectivity index (χ2n) is 6.68. The number of benzene rings is 1. The highest BCUT2D eigenvalue weighted by Gasteiger charge is 2.30. The molecule has 3 rings (SSSR count). The van der Waals surface area contributed by atoms with E-state index in [4.69, 9.17) is 4.74 Å². The van der Waals surface area contributed by atoms with Crippen molar-refractivity contribution in [2.45, 2.75) is 51.7 Å². The van der Waals surface area contributed by atoms with Gasteiger partial charge in [0.2, 0.25) is 0 Å². The Morgan fingerprint density at radius 3 is 2.64 bits per heavy atom. The van der Waals surface area contributed by atoms with Crippen LogP contribution < -0.4 is 5.32 Å². The average molecular weight is 362 g/mol. The van der Waals surface area contributed by atoms with Crippen LogP contribution in [0.25, 0.3) is 0 Å². The lowest BCUT2D eigenvalue weighted by atomic mass is 9.99. The van der Waals surface area contributed by atoms with Crippen molar-refractivity contribution in [2.24, 2.45) is 0 Å². The largest absolute Gasteiger partial charge is 0.376 e. The van der Waals surface area contributed by atoms with E-state index in [9.17, 15) is 9.18 Å². The number of nitrogens with one attached hydrogen (secondary N) is 1. The van der Waals surface area contributed by atoms with Gasteiger partial charge in [-0.15, -0.1) is 11.3 Å². The SMILES string of the molecule is Cc1nc(C(C)C)sc1C(=O)N[C@H](c1ccc(F)cc1)[C@@H]1CCCO1. The first kappa shape index (κ1) is 18.0. The Bertz CT molecular complexity index is 736. The summed E-state index contributed by atoms with van der Waals surface area (Å²) >= 11 is 1.43. The van der Waals surface area contributed by atoms with Crippen molar-refractivity contribution in [2.75, 3.05) is 6.61 Å². The van der Waals surface area contributed by atoms with Crippen LogP contribution in [0, 0.1) is 12.7 Å². The van der Waals surface area contributed by atoms with E-state index in [-0.39, 0.29) is 29.8 Å². The molecule has 2 aromatic rings. The normalized spacial score (nSPS) is 18.5. The number of halogens is 1. The molecule has 1 fully saturated rings. The smallest absolute Gasteiger partial charge is 0.263 e. The fraction of sp³-hybridized carbons (Fsp3) is 0.474. The molecule has 25 heavy (non-hydrogen) atoms. The van der Waals surface area contributed by atoms with Gasteiger partial charge in [0, 0.05) is 12.5 Å². The molecule has 1 saturated heterocycles. The minimum atomic E-state index is -0.292. The predicted octanol–water partition coefficient (Wildman–Crippen LogP) is 4.36. The minimum Gasteiger partial charge on any atom is -0.376 e. The van der Waals surface area contributed by atoms with Crippen molar-refractivity contribution in [3.8, 4) is 0 Å². The van der Waals surface area contributed by atoms with E-state index in [0.29, 0.717) is 11.5 Å². The van der Waals surface area contributed by atoms with Gasteiger partial charge >= 0.3 is 0 Å². The van der Waals surface area contributed by atoms with Gasteiger partial charge in [0.05, 0.1) is 22.8 Å². The standard InChI is InChI=1S/C19H23FN2O2S/c1-11(2)19-21-12(3)17(25-19)18(23)22-16(15-5-4-10-24-15)13-6-8-14(20)9-7-13/h6-9,11,15-16H,4-5,10H2,1-3H3,(H,22,23)/t15-,16+/m0/s1. The molecule has 6 heteroatoms. The summed E-state index contributed by atoms with van der Waals surface area (Å²) in [4.78, 5) is 18.0. The van der Waals surface area contributed by atoms with Gasteiger partial charge in [0.25, 0.3) is 5.91 Å². The molecule has 0 aliphatic carbocycles. The summed E-state index contributed by atoms with van der Waals surface area (Å²) in [6.45, 7) is 6.67. The number of carbonyl (C=O) groups excluding carboxylic acids is 1. The zero-order valence-corrected chi connectivity index (χ0v) is 15.5. The van der Waals surface area contributed by atoms with Crippen molar-refractivity contribution < 1.29 is 13.9 Å². The van der Waals surface area contributed by atoms with Crippen molar-refractivity contribution in [1.29, 1.82) is 0 Å². The molecule has 0 spiro atoms. The predicted molar refractivity (Wildman–Crippen MR) is 96.5 cm³/mol. The monoisotopic (exact) mass is 362 g/mol. The van der Waals surface area contributed by atoms with Crippen LogP contribution in [-0.2, 0) is 4.74 Å². The summed E-state index contributed by atoms with van der Waals surface area (Å²) in [7, 11) is 0. The van der Waals surface area contributed by atoms with Crippen LogP contribution in [0.5, 0.6) is 0 Å². The van der Waals surface area contributed by atoms with Gasteiger partial charge in [-0.25, -0.2) is 9.37 Å². The second-order valence-corrected chi connectivity index (χ2v) is 7.71. The summed E-state index contributed by atoms with van der Waals surface area (Å²) in [5.41, 5.74) is 1.60. The highest BCUT2D eigenvalue weighted by molar-refractivity contribution is 7.13. The van der Waals surface area contributed by atoms with Gasteiger partial charge in [-0.2, -0.15) is 0 Å². The molecule has 0 bridgehead atoms. The molecule has 1 N–H and O–H groups in total. The van der Waals surface area contributed by atoms with E-state index in [1.165, 1.54) is 23.5 Å². The first-order valence-electron chi connectivity index (χ1n) is 8.61. The highest BCUT2D eigenvalue weighted by atomic mass is 32.1. The molecule has 1 amide bonds. The molecule has 1 aliphatic rings. The zero-order chi connectivity index (χ0) is 18.0. The average Bonchev–Trinajstić information content (AvgIpc) is 3.23. The van der Waals surface area contributed by atoms with Crippen molar-refractivity contribution in [3.05, 3.63) is 51.2 Å². The van der Waals surface area contributed by atoms with Gasteiger partial charge in [-0.3, -0.25) is 4.79 Å². The van der Waals surface area contributed by atoms with Crippen molar-refractivity contribution >= 4 is 17.2 Å². The van der Waals surface area contributed by atoms with Crippen LogP contribution in [0.1, 0.15) is 64.6 Å². The Kier molecular flexibility index (Phi) is 5.49. The first-order valence-corrected chi connectivity index (χ1v) is 9.42. The lowest BCUT2D eigenvalue weighted by Gasteiger charge is -2.24. The minimum absolute atomic E-state index is 0.0905. The van der Waals surface area contributed by atoms with Crippen LogP contribution in [0.3, 0.4) is 0 Å². The number of nitrogens with zero attached hydrogens (tertiary/aromatic N) is 1. The van der Waals surface area contributed by atoms with E-state index >= 15 is 0 Å². The van der Waals surface area contributed by atoms with Crippen LogP contribution in [-0.4, -0.2) is 23.6 Å². The number of ether oxygens (including phenoxy) is 1. The van der Waals surface area contributed by atoms with Gasteiger partial charge in [0.15, 0.2) is 0 Å². The number of amides is 1. The molecule has 0 saturated carbocycles. The molecule has 1 aliphatic heterocycles. The summed E-state index contributed by atoms with van der Waals surface area (Å²) in [6, 6.07) is 5.96. The molecule has 134 valence electrons. The highest BCUT2D eigenvalue weighted by Crippen LogP contribution is 2.29. The van der Waals surface area contributed by atoms with E-state index in [2.05, 4.69) is 24.1 Å². The van der Waals surface area contributed by atoms with Gasteiger partial charge in [0.1, 0.15) is 10.7 Å². The molecule has 4 nitrogen and oxygen atoms in total. The number of aryl methyl sites for hydroxylation is 1. The fourth-order valence-corrected chi connectivity index (χ4v) is 3.98. The quantitative estimate of drug-likeness (QED) is 0.859. The van der Waals surface area contributed by atoms with Crippen molar-refractivity contribution in [3.63, 3.8) is 0 Å². The Morgan fingerprint density at radius 1 is 1.36 bits per heavy atom. The van der Waals surface area contributed by atoms with Crippen LogP contribution in [0.15, 0.2) is 24.3 Å². The fourth-order valence-electron chi connectivity index (χ4n) is 3.01. The summed E-state index contributed by atoms with van der Waals surface area (Å²) in [6.07, 6.45) is 1.75. The lowest BCUT2D eigenvalue weighted by molar-refractivity contribution is 0.0674. The summed E-state index contributed by atoms with van der Waals surface area (Å²) < 4.78 is 19.1. The molecule has 1 aromatic heterocycles. The number of aromatic nitrogens is 1. The maximum atomic E-state index is 13.3. The third-order valence-corrected chi connectivity index (χ3v) is 5.82. The van der Waals surface area contributed by atoms with Gasteiger partial charge < -0.3 is 10.1 Å². The molecule has 0 unspecified atom stereocenters. The number of thiazole rings is 1. The molecular formula is C19H23FN2O2S. The Balaban J connectivity index is 1.84. The Labute approximate surface area is 151 Å². The number of hydrogen-bond acceptors (Lipinski definition) is 4. The van der Waals surface area contributed by atoms with E-state index in [1.807, 2.05) is 6.92 Å². The zero-order valence-electron chi connectivity index (χ0n) is 14.7. The van der Waals surface area contributed by atoms with Crippen LogP contribution in [0.2, 0.25) is 0 Å². The van der Waals surface area contributed by atoms with Gasteiger partial charge in [-0.05, 0) is 37.5 Å². The van der Waals surface area contributed by atoms with Crippen LogP contribution in [0.4, 0.5) is 4.39 Å². The molecular weight excluding hydrogens is 339 g/mol. The maximum absolute atomic E-state index is 13.3. The third kappa shape index (κ3) is 4.07. The topological polar surface area (TPSA) is 51.2 Å². The Morgan fingerprint density at radius 2 is 2.08 bits per heavy atom. The number of rotatable bonds is 5. The number of carbonyl (C=O) groups is 1.